The van der Waals surface area contributed by atoms with Gasteiger partial charge in [0.25, 0.3) is 5.91 Å². The van der Waals surface area contributed by atoms with E-state index in [1.165, 1.54) is 0 Å². The molecule has 6 nitrogen and oxygen atoms in total. The molecule has 0 aliphatic rings. The van der Waals surface area contributed by atoms with Gasteiger partial charge in [-0.1, -0.05) is 48.5 Å². The molecular weight excluding hydrogens is 418 g/mol. The van der Waals surface area contributed by atoms with Gasteiger partial charge in [-0.25, -0.2) is 4.68 Å². The minimum Gasteiger partial charge on any atom is -0.348 e. The Balaban J connectivity index is 1.40. The molecule has 0 unspecified atom stereocenters. The predicted molar refractivity (Wildman–Crippen MR) is 126 cm³/mol. The number of hydrogen-bond acceptors (Lipinski definition) is 4. The zero-order valence-corrected chi connectivity index (χ0v) is 18.1. The third kappa shape index (κ3) is 4.24. The lowest BCUT2D eigenvalue weighted by Gasteiger charge is -2.11. The first-order chi connectivity index (χ1) is 15.8. The molecule has 0 atom stereocenters. The highest BCUT2D eigenvalue weighted by Gasteiger charge is 2.19. The second-order valence-electron chi connectivity index (χ2n) is 7.30. The molecule has 1 N–H and O–H groups in total. The SMILES string of the molecule is O=C(NCc1ccccc1Cn1cccn1)c1cn(-c2ccccc2)nc1-c1cccs1. The average Bonchev–Trinajstić information content (AvgIpc) is 3.60. The van der Waals surface area contributed by atoms with E-state index in [1.807, 2.05) is 83.0 Å². The molecule has 3 aromatic heterocycles. The van der Waals surface area contributed by atoms with Crippen LogP contribution in [0.25, 0.3) is 16.3 Å². The zero-order chi connectivity index (χ0) is 21.8. The molecule has 0 aliphatic carbocycles. The maximum Gasteiger partial charge on any atom is 0.255 e. The molecule has 0 saturated heterocycles. The molecule has 158 valence electrons. The second-order valence-corrected chi connectivity index (χ2v) is 8.25. The maximum atomic E-state index is 13.2. The third-order valence-corrected chi connectivity index (χ3v) is 6.06. The fourth-order valence-electron chi connectivity index (χ4n) is 3.57. The Morgan fingerprint density at radius 2 is 1.75 bits per heavy atom. The first-order valence-corrected chi connectivity index (χ1v) is 11.2. The molecule has 0 fully saturated rings. The van der Waals surface area contributed by atoms with Crippen molar-refractivity contribution in [2.45, 2.75) is 13.1 Å². The maximum absolute atomic E-state index is 13.2. The topological polar surface area (TPSA) is 64.7 Å². The van der Waals surface area contributed by atoms with Crippen LogP contribution in [0.15, 0.2) is 96.8 Å². The first-order valence-electron chi connectivity index (χ1n) is 10.3. The summed E-state index contributed by atoms with van der Waals surface area (Å²) in [7, 11) is 0. The quantitative estimate of drug-likeness (QED) is 0.397. The first kappa shape index (κ1) is 20.0. The molecule has 5 rings (SSSR count). The van der Waals surface area contributed by atoms with Crippen LogP contribution < -0.4 is 5.32 Å². The van der Waals surface area contributed by atoms with Gasteiger partial charge >= 0.3 is 0 Å². The molecule has 2 aromatic carbocycles. The van der Waals surface area contributed by atoms with Crippen LogP contribution in [0.4, 0.5) is 0 Å². The van der Waals surface area contributed by atoms with E-state index in [0.717, 1.165) is 21.7 Å². The summed E-state index contributed by atoms with van der Waals surface area (Å²) in [5, 5.41) is 14.1. The molecule has 7 heteroatoms. The van der Waals surface area contributed by atoms with Gasteiger partial charge in [0, 0.05) is 25.1 Å². The highest BCUT2D eigenvalue weighted by Crippen LogP contribution is 2.28. The summed E-state index contributed by atoms with van der Waals surface area (Å²) >= 11 is 1.57. The monoisotopic (exact) mass is 439 g/mol. The van der Waals surface area contributed by atoms with Crippen molar-refractivity contribution >= 4 is 17.2 Å². The van der Waals surface area contributed by atoms with E-state index >= 15 is 0 Å². The average molecular weight is 440 g/mol. The number of para-hydroxylation sites is 1. The van der Waals surface area contributed by atoms with Crippen molar-refractivity contribution in [3.05, 3.63) is 113 Å². The van der Waals surface area contributed by atoms with E-state index < -0.39 is 0 Å². The van der Waals surface area contributed by atoms with Gasteiger partial charge in [-0.2, -0.15) is 10.2 Å². The second kappa shape index (κ2) is 9.03. The van der Waals surface area contributed by atoms with Crippen molar-refractivity contribution in [3.8, 4) is 16.3 Å². The minimum absolute atomic E-state index is 0.149. The molecule has 5 aromatic rings. The smallest absolute Gasteiger partial charge is 0.255 e. The normalized spacial score (nSPS) is 10.9. The van der Waals surface area contributed by atoms with Crippen molar-refractivity contribution in [3.63, 3.8) is 0 Å². The number of amides is 1. The molecule has 0 aliphatic heterocycles. The Labute approximate surface area is 189 Å². The van der Waals surface area contributed by atoms with E-state index in [4.69, 9.17) is 5.10 Å². The van der Waals surface area contributed by atoms with Crippen LogP contribution in [0.1, 0.15) is 21.5 Å². The summed E-state index contributed by atoms with van der Waals surface area (Å²) in [5.74, 6) is -0.149. The molecule has 0 spiro atoms. The van der Waals surface area contributed by atoms with E-state index in [0.29, 0.717) is 24.3 Å². The summed E-state index contributed by atoms with van der Waals surface area (Å²) in [4.78, 5) is 14.2. The Morgan fingerprint density at radius 3 is 2.50 bits per heavy atom. The fourth-order valence-corrected chi connectivity index (χ4v) is 4.30. The van der Waals surface area contributed by atoms with Crippen molar-refractivity contribution < 1.29 is 4.79 Å². The molecule has 3 heterocycles. The van der Waals surface area contributed by atoms with Gasteiger partial charge in [-0.3, -0.25) is 9.48 Å². The number of benzene rings is 2. The number of hydrogen-bond donors (Lipinski definition) is 1. The zero-order valence-electron chi connectivity index (χ0n) is 17.3. The molecule has 0 bridgehead atoms. The van der Waals surface area contributed by atoms with Crippen molar-refractivity contribution in [2.75, 3.05) is 0 Å². The number of nitrogens with zero attached hydrogens (tertiary/aromatic N) is 4. The van der Waals surface area contributed by atoms with Gasteiger partial charge in [0.2, 0.25) is 0 Å². The van der Waals surface area contributed by atoms with Crippen LogP contribution >= 0.6 is 11.3 Å². The molecular formula is C25H21N5OS. The summed E-state index contributed by atoms with van der Waals surface area (Å²) in [6, 6.07) is 23.8. The molecule has 0 saturated carbocycles. The van der Waals surface area contributed by atoms with Crippen LogP contribution in [0, 0.1) is 0 Å². The van der Waals surface area contributed by atoms with Gasteiger partial charge in [0.05, 0.1) is 22.7 Å². The number of rotatable bonds is 7. The van der Waals surface area contributed by atoms with Gasteiger partial charge in [-0.05, 0) is 40.8 Å². The lowest BCUT2D eigenvalue weighted by atomic mass is 10.1. The van der Waals surface area contributed by atoms with Crippen molar-refractivity contribution in [1.29, 1.82) is 0 Å². The highest BCUT2D eigenvalue weighted by atomic mass is 32.1. The van der Waals surface area contributed by atoms with Crippen LogP contribution in [-0.2, 0) is 13.1 Å². The molecule has 0 radical (unpaired) electrons. The van der Waals surface area contributed by atoms with E-state index in [9.17, 15) is 4.79 Å². The van der Waals surface area contributed by atoms with E-state index in [-0.39, 0.29) is 5.91 Å². The van der Waals surface area contributed by atoms with E-state index in [1.54, 1.807) is 28.4 Å². The van der Waals surface area contributed by atoms with Crippen LogP contribution in [0.3, 0.4) is 0 Å². The summed E-state index contributed by atoms with van der Waals surface area (Å²) in [6.07, 6.45) is 5.50. The Bertz CT molecular complexity index is 1310. The van der Waals surface area contributed by atoms with Crippen LogP contribution in [-0.4, -0.2) is 25.5 Å². The predicted octanol–water partition coefficient (Wildman–Crippen LogP) is 4.78. The third-order valence-electron chi connectivity index (χ3n) is 5.18. The van der Waals surface area contributed by atoms with Crippen LogP contribution in [0.5, 0.6) is 0 Å². The number of carbonyl (C=O) groups excluding carboxylic acids is 1. The van der Waals surface area contributed by atoms with Crippen molar-refractivity contribution in [1.82, 2.24) is 24.9 Å². The number of aromatic nitrogens is 4. The Hall–Kier alpha value is -3.97. The number of nitrogens with one attached hydrogen (secondary N) is 1. The van der Waals surface area contributed by atoms with Gasteiger partial charge in [-0.15, -0.1) is 11.3 Å². The Kier molecular flexibility index (Phi) is 5.63. The highest BCUT2D eigenvalue weighted by molar-refractivity contribution is 7.13. The lowest BCUT2D eigenvalue weighted by molar-refractivity contribution is 0.0951. The molecule has 32 heavy (non-hydrogen) atoms. The summed E-state index contributed by atoms with van der Waals surface area (Å²) < 4.78 is 3.63. The summed E-state index contributed by atoms with van der Waals surface area (Å²) in [5.41, 5.74) is 4.33. The van der Waals surface area contributed by atoms with Crippen molar-refractivity contribution in [2.24, 2.45) is 0 Å². The number of carbonyl (C=O) groups is 1. The lowest BCUT2D eigenvalue weighted by Crippen LogP contribution is -2.23. The Morgan fingerprint density at radius 1 is 0.938 bits per heavy atom. The fraction of sp³-hybridized carbons (Fsp3) is 0.0800. The summed E-state index contributed by atoms with van der Waals surface area (Å²) in [6.45, 7) is 1.09. The largest absolute Gasteiger partial charge is 0.348 e. The minimum atomic E-state index is -0.149. The van der Waals surface area contributed by atoms with Gasteiger partial charge in [0.15, 0.2) is 0 Å². The molecule has 1 amide bonds. The van der Waals surface area contributed by atoms with Gasteiger partial charge < -0.3 is 5.32 Å². The standard InChI is InChI=1S/C25H21N5OS/c31-25(26-16-19-8-4-5-9-20(19)17-29-14-7-13-27-29)22-18-30(21-10-2-1-3-11-21)28-24(22)23-12-6-15-32-23/h1-15,18H,16-17H2,(H,26,31). The van der Waals surface area contributed by atoms with E-state index in [2.05, 4.69) is 16.5 Å². The number of thiophene rings is 1. The van der Waals surface area contributed by atoms with Crippen LogP contribution in [0.2, 0.25) is 0 Å². The van der Waals surface area contributed by atoms with Gasteiger partial charge in [0.1, 0.15) is 5.69 Å².